The Morgan fingerprint density at radius 2 is 0.621 bits per heavy atom. The number of carbonyl (C=O) groups is 3. The predicted molar refractivity (Wildman–Crippen MR) is 393 cm³/mol. The molecule has 18 unspecified atom stereocenters. The number of aliphatic hydroxyl groups is 10. The first kappa shape index (κ1) is 95.2. The van der Waals surface area contributed by atoms with E-state index in [0.29, 0.717) is 19.3 Å². The van der Waals surface area contributed by atoms with E-state index in [4.69, 9.17) is 42.2 Å². The quantitative estimate of drug-likeness (QED) is 0.0117. The first-order valence-corrected chi connectivity index (χ1v) is 42.8. The van der Waals surface area contributed by atoms with Gasteiger partial charge in [-0.25, -0.2) is 4.57 Å². The van der Waals surface area contributed by atoms with Crippen LogP contribution in [0.5, 0.6) is 0 Å². The van der Waals surface area contributed by atoms with Crippen molar-refractivity contribution in [2.24, 2.45) is 0 Å². The monoisotopic (exact) mass is 1500 g/mol. The number of phosphoric ester groups is 1. The Hall–Kier alpha value is -2.04. The highest BCUT2D eigenvalue weighted by atomic mass is 31.2. The Bertz CT molecular complexity index is 2120. The highest BCUT2D eigenvalue weighted by Gasteiger charge is 2.58. The Balaban J connectivity index is 1.69. The van der Waals surface area contributed by atoms with Gasteiger partial charge in [-0.05, 0) is 19.3 Å². The van der Waals surface area contributed by atoms with Crippen LogP contribution in [0, 0.1) is 0 Å². The lowest BCUT2D eigenvalue weighted by Crippen LogP contribution is -2.69. The fourth-order valence-corrected chi connectivity index (χ4v) is 14.9. The topological polar surface area (TPSA) is 374 Å². The van der Waals surface area contributed by atoms with Gasteiger partial charge < -0.3 is 89.1 Å². The molecule has 18 atom stereocenters. The zero-order valence-electron chi connectivity index (χ0n) is 63.9. The predicted octanol–water partition coefficient (Wildman–Crippen LogP) is 12.9. The van der Waals surface area contributed by atoms with Gasteiger partial charge in [0.2, 0.25) is 0 Å². The third-order valence-corrected chi connectivity index (χ3v) is 21.6. The Morgan fingerprint density at radius 3 is 0.951 bits per heavy atom. The second kappa shape index (κ2) is 59.8. The van der Waals surface area contributed by atoms with E-state index in [9.17, 15) is 74.9 Å². The normalized spacial score (nSPS) is 26.8. The van der Waals surface area contributed by atoms with Gasteiger partial charge in [0.25, 0.3) is 0 Å². The van der Waals surface area contributed by atoms with Crippen LogP contribution in [0.3, 0.4) is 0 Å². The lowest BCUT2D eigenvalue weighted by Gasteiger charge is -2.49. The summed E-state index contributed by atoms with van der Waals surface area (Å²) in [4.78, 5) is 51.2. The minimum Gasteiger partial charge on any atom is -0.463 e. The molecule has 0 amide bonds. The molecule has 11 N–H and O–H groups in total. The van der Waals surface area contributed by atoms with Crippen molar-refractivity contribution in [2.75, 3.05) is 26.4 Å². The molecule has 1 aliphatic carbocycles. The summed E-state index contributed by atoms with van der Waals surface area (Å²) in [6.07, 6.45) is 19.9. The molecule has 608 valence electrons. The van der Waals surface area contributed by atoms with Crippen molar-refractivity contribution in [1.82, 2.24) is 0 Å². The molecule has 2 heterocycles. The third-order valence-electron chi connectivity index (χ3n) is 20.6. The minimum absolute atomic E-state index is 0.0325. The first-order chi connectivity index (χ1) is 49.8. The van der Waals surface area contributed by atoms with E-state index in [-0.39, 0.29) is 19.3 Å². The Labute approximate surface area is 619 Å². The Morgan fingerprint density at radius 1 is 0.340 bits per heavy atom. The van der Waals surface area contributed by atoms with Gasteiger partial charge in [0.1, 0.15) is 98.7 Å². The standard InChI is InChI=1S/C78H147O24P/c1-4-7-10-13-16-19-22-25-28-30-32-35-38-41-44-47-50-53-63(81)95-58-61-66(84)68(86)73(91)78(99-61)101-75-71(89)69(87)70(88)74(100-77-72(90)67(85)65(83)60(55-79)98-77)76(75)102-103(92,93)96-57-59(56-94-62(80)52-49-46-43-40-37-34-27-24-21-18-15-12-9-6-3)97-64(82)54-51-48-45-42-39-36-33-31-29-26-23-20-17-14-11-8-5-2/h59-61,65-79,83-91H,4-58H2,1-3H3,(H,92,93). The number of unbranched alkanes of at least 4 members (excludes halogenated alkanes) is 45. The van der Waals surface area contributed by atoms with E-state index >= 15 is 0 Å². The van der Waals surface area contributed by atoms with Gasteiger partial charge in [0, 0.05) is 19.3 Å². The molecule has 103 heavy (non-hydrogen) atoms. The van der Waals surface area contributed by atoms with E-state index in [1.165, 1.54) is 199 Å². The molecule has 0 aromatic carbocycles. The van der Waals surface area contributed by atoms with Gasteiger partial charge in [0.05, 0.1) is 13.2 Å². The van der Waals surface area contributed by atoms with Gasteiger partial charge >= 0.3 is 25.7 Å². The molecular weight excluding hydrogens is 1350 g/mol. The van der Waals surface area contributed by atoms with Crippen LogP contribution in [0.25, 0.3) is 0 Å². The zero-order chi connectivity index (χ0) is 75.3. The summed E-state index contributed by atoms with van der Waals surface area (Å²) in [6.45, 7) is 3.52. The van der Waals surface area contributed by atoms with Crippen LogP contribution < -0.4 is 0 Å². The maximum atomic E-state index is 14.4. The lowest BCUT2D eigenvalue weighted by molar-refractivity contribution is -0.360. The van der Waals surface area contributed by atoms with E-state index in [0.717, 1.165) is 89.9 Å². The van der Waals surface area contributed by atoms with Crippen molar-refractivity contribution in [3.8, 4) is 0 Å². The van der Waals surface area contributed by atoms with E-state index in [1.54, 1.807) is 0 Å². The molecule has 3 fully saturated rings. The number of hydrogen-bond acceptors (Lipinski definition) is 23. The maximum Gasteiger partial charge on any atom is 0.472 e. The molecule has 3 rings (SSSR count). The van der Waals surface area contributed by atoms with Crippen molar-refractivity contribution >= 4 is 25.7 Å². The molecule has 2 saturated heterocycles. The second-order valence-corrected chi connectivity index (χ2v) is 31.3. The van der Waals surface area contributed by atoms with E-state index in [2.05, 4.69) is 20.8 Å². The van der Waals surface area contributed by atoms with Gasteiger partial charge in [-0.15, -0.1) is 0 Å². The Kier molecular flexibility index (Phi) is 55.2. The van der Waals surface area contributed by atoms with Crippen LogP contribution in [-0.4, -0.2) is 204 Å². The molecule has 1 saturated carbocycles. The van der Waals surface area contributed by atoms with Gasteiger partial charge in [0.15, 0.2) is 18.7 Å². The molecule has 2 aliphatic heterocycles. The fraction of sp³-hybridized carbons (Fsp3) is 0.962. The summed E-state index contributed by atoms with van der Waals surface area (Å²) in [5.74, 6) is -1.97. The van der Waals surface area contributed by atoms with Gasteiger partial charge in [-0.2, -0.15) is 0 Å². The molecule has 0 aromatic heterocycles. The highest BCUT2D eigenvalue weighted by Crippen LogP contribution is 2.49. The summed E-state index contributed by atoms with van der Waals surface area (Å²) < 4.78 is 65.3. The van der Waals surface area contributed by atoms with Crippen molar-refractivity contribution in [3.63, 3.8) is 0 Å². The van der Waals surface area contributed by atoms with Crippen LogP contribution in [0.1, 0.15) is 348 Å². The summed E-state index contributed by atoms with van der Waals surface area (Å²) in [5.41, 5.74) is 0. The SMILES string of the molecule is CCCCCCCCCCCCCCCCCCCC(=O)OCC1OC(OC2C(O)C(O)C(O)C(OC3OC(CO)C(O)C(O)C3O)C2OP(=O)(O)OCC(COC(=O)CCCCCCCCCCCCCCCC)OC(=O)CCCCCCCCCCCCCCCCCCC)C(O)C(O)C1O. The largest absolute Gasteiger partial charge is 0.472 e. The van der Waals surface area contributed by atoms with Gasteiger partial charge in [-0.3, -0.25) is 23.4 Å². The number of hydrogen-bond donors (Lipinski definition) is 11. The van der Waals surface area contributed by atoms with E-state index in [1.807, 2.05) is 0 Å². The first-order valence-electron chi connectivity index (χ1n) is 41.3. The molecule has 25 heteroatoms. The summed E-state index contributed by atoms with van der Waals surface area (Å²) in [6, 6.07) is 0. The van der Waals surface area contributed by atoms with Crippen molar-refractivity contribution in [1.29, 1.82) is 0 Å². The van der Waals surface area contributed by atoms with Crippen molar-refractivity contribution < 1.29 is 117 Å². The average molecular weight is 1500 g/mol. The van der Waals surface area contributed by atoms with Crippen LogP contribution >= 0.6 is 7.82 Å². The average Bonchev–Trinajstić information content (AvgIpc) is 0.761. The number of esters is 3. The third kappa shape index (κ3) is 42.1. The number of ether oxygens (including phenoxy) is 7. The zero-order valence-corrected chi connectivity index (χ0v) is 64.8. The smallest absolute Gasteiger partial charge is 0.463 e. The molecule has 24 nitrogen and oxygen atoms in total. The van der Waals surface area contributed by atoms with E-state index < -0.39 is 156 Å². The minimum atomic E-state index is -5.70. The molecule has 0 aromatic rings. The summed E-state index contributed by atoms with van der Waals surface area (Å²) >= 11 is 0. The summed E-state index contributed by atoms with van der Waals surface area (Å²) in [5, 5.41) is 110. The highest BCUT2D eigenvalue weighted by molar-refractivity contribution is 7.47. The number of rotatable bonds is 66. The van der Waals surface area contributed by atoms with Crippen molar-refractivity contribution in [2.45, 2.75) is 452 Å². The van der Waals surface area contributed by atoms with Gasteiger partial charge in [-0.1, -0.05) is 310 Å². The molecule has 3 aliphatic rings. The van der Waals surface area contributed by atoms with Crippen LogP contribution in [0.2, 0.25) is 0 Å². The van der Waals surface area contributed by atoms with Crippen molar-refractivity contribution in [3.05, 3.63) is 0 Å². The maximum absolute atomic E-state index is 14.4. The number of aliphatic hydroxyl groups excluding tert-OH is 10. The lowest BCUT2D eigenvalue weighted by atomic mass is 9.84. The van der Waals surface area contributed by atoms with Crippen LogP contribution in [0.4, 0.5) is 0 Å². The van der Waals surface area contributed by atoms with Crippen LogP contribution in [-0.2, 0) is 61.2 Å². The summed E-state index contributed by atoms with van der Waals surface area (Å²) in [7, 11) is -5.70. The fourth-order valence-electron chi connectivity index (χ4n) is 13.9. The number of carbonyl (C=O) groups excluding carboxylic acids is 3. The van der Waals surface area contributed by atoms with Crippen LogP contribution in [0.15, 0.2) is 0 Å². The second-order valence-electron chi connectivity index (χ2n) is 29.9. The molecule has 0 radical (unpaired) electrons. The molecule has 0 bridgehead atoms. The molecule has 0 spiro atoms. The number of phosphoric acid groups is 1. The molecular formula is C78H147O24P.